The number of anilines is 1. The van der Waals surface area contributed by atoms with Gasteiger partial charge in [-0.15, -0.1) is 0 Å². The van der Waals surface area contributed by atoms with Crippen LogP contribution in [0.15, 0.2) is 60.0 Å². The van der Waals surface area contributed by atoms with Crippen molar-refractivity contribution in [1.82, 2.24) is 4.72 Å². The van der Waals surface area contributed by atoms with E-state index in [1.165, 1.54) is 47.0 Å². The van der Waals surface area contributed by atoms with E-state index in [9.17, 15) is 22.4 Å². The van der Waals surface area contributed by atoms with Crippen molar-refractivity contribution in [1.29, 1.82) is 0 Å². The molecular weight excluding hydrogens is 451 g/mol. The molecule has 32 heavy (non-hydrogen) atoms. The molecule has 172 valence electrons. The molecule has 9 heteroatoms. The summed E-state index contributed by atoms with van der Waals surface area (Å²) in [4.78, 5) is 27.6. The molecule has 0 saturated carbocycles. The van der Waals surface area contributed by atoms with Gasteiger partial charge in [-0.05, 0) is 68.2 Å². The van der Waals surface area contributed by atoms with Gasteiger partial charge in [0.2, 0.25) is 11.8 Å². The molecule has 0 heterocycles. The Labute approximate surface area is 192 Å². The summed E-state index contributed by atoms with van der Waals surface area (Å²) in [6.07, 6.45) is 3.36. The van der Waals surface area contributed by atoms with Gasteiger partial charge in [-0.2, -0.15) is 11.8 Å². The van der Waals surface area contributed by atoms with Crippen LogP contribution in [0.3, 0.4) is 0 Å². The van der Waals surface area contributed by atoms with Crippen molar-refractivity contribution in [2.24, 2.45) is 5.92 Å². The number of benzene rings is 2. The van der Waals surface area contributed by atoms with Gasteiger partial charge in [-0.25, -0.2) is 17.5 Å². The third-order valence-corrected chi connectivity index (χ3v) is 6.19. The largest absolute Gasteiger partial charge is 0.309 e. The van der Waals surface area contributed by atoms with Crippen LogP contribution in [0.25, 0.3) is 6.08 Å². The van der Waals surface area contributed by atoms with E-state index in [0.717, 1.165) is 5.41 Å². The zero-order valence-electron chi connectivity index (χ0n) is 18.2. The zero-order chi connectivity index (χ0) is 23.7. The SMILES string of the molecule is CSCCC(C(=O)NS(=O)(=O)C=Cc1ccccc1)C(=O)N(c1ccc(F)cc1)C(C)C. The fourth-order valence-electron chi connectivity index (χ4n) is 3.03. The van der Waals surface area contributed by atoms with Crippen LogP contribution in [-0.4, -0.2) is 38.3 Å². The van der Waals surface area contributed by atoms with Crippen LogP contribution in [0.1, 0.15) is 25.8 Å². The molecule has 0 spiro atoms. The molecule has 2 aromatic carbocycles. The Bertz CT molecular complexity index is 1040. The van der Waals surface area contributed by atoms with E-state index in [1.54, 1.807) is 44.2 Å². The summed E-state index contributed by atoms with van der Waals surface area (Å²) in [6, 6.07) is 13.8. The molecule has 1 N–H and O–H groups in total. The summed E-state index contributed by atoms with van der Waals surface area (Å²) in [6.45, 7) is 3.54. The van der Waals surface area contributed by atoms with Crippen molar-refractivity contribution >= 4 is 45.4 Å². The monoisotopic (exact) mass is 478 g/mol. The topological polar surface area (TPSA) is 83.5 Å². The van der Waals surface area contributed by atoms with E-state index in [4.69, 9.17) is 0 Å². The van der Waals surface area contributed by atoms with Crippen LogP contribution in [0.2, 0.25) is 0 Å². The first-order chi connectivity index (χ1) is 15.1. The molecule has 0 radical (unpaired) electrons. The Morgan fingerprint density at radius 1 is 1.09 bits per heavy atom. The quantitative estimate of drug-likeness (QED) is 0.521. The Balaban J connectivity index is 2.26. The van der Waals surface area contributed by atoms with Gasteiger partial charge in [0.25, 0.3) is 10.0 Å². The van der Waals surface area contributed by atoms with Crippen molar-refractivity contribution in [3.05, 3.63) is 71.4 Å². The number of nitrogens with zero attached hydrogens (tertiary/aromatic N) is 1. The predicted octanol–water partition coefficient (Wildman–Crippen LogP) is 4.05. The fraction of sp³-hybridized carbons (Fsp3) is 0.304. The maximum atomic E-state index is 13.3. The van der Waals surface area contributed by atoms with Crippen molar-refractivity contribution in [2.75, 3.05) is 16.9 Å². The van der Waals surface area contributed by atoms with Crippen LogP contribution in [-0.2, 0) is 19.6 Å². The minimum atomic E-state index is -4.11. The average molecular weight is 479 g/mol. The Hall–Kier alpha value is -2.65. The highest BCUT2D eigenvalue weighted by molar-refractivity contribution is 7.98. The van der Waals surface area contributed by atoms with Gasteiger partial charge in [0.15, 0.2) is 0 Å². The van der Waals surface area contributed by atoms with Crippen LogP contribution in [0.5, 0.6) is 0 Å². The summed E-state index contributed by atoms with van der Waals surface area (Å²) >= 11 is 1.44. The zero-order valence-corrected chi connectivity index (χ0v) is 19.8. The number of carbonyl (C=O) groups is 2. The van der Waals surface area contributed by atoms with E-state index >= 15 is 0 Å². The predicted molar refractivity (Wildman–Crippen MR) is 128 cm³/mol. The van der Waals surface area contributed by atoms with Gasteiger partial charge < -0.3 is 4.90 Å². The molecule has 0 fully saturated rings. The molecule has 0 bridgehead atoms. The van der Waals surface area contributed by atoms with Crippen LogP contribution in [0, 0.1) is 11.7 Å². The number of thioether (sulfide) groups is 1. The normalized spacial score (nSPS) is 12.7. The molecule has 2 rings (SSSR count). The number of halogens is 1. The number of nitrogens with one attached hydrogen (secondary N) is 1. The molecule has 2 aromatic rings. The lowest BCUT2D eigenvalue weighted by molar-refractivity contribution is -0.132. The summed E-state index contributed by atoms with van der Waals surface area (Å²) in [7, 11) is -4.11. The minimum Gasteiger partial charge on any atom is -0.309 e. The van der Waals surface area contributed by atoms with E-state index in [0.29, 0.717) is 17.0 Å². The first-order valence-electron chi connectivity index (χ1n) is 10.0. The van der Waals surface area contributed by atoms with Crippen molar-refractivity contribution < 1.29 is 22.4 Å². The molecular formula is C23H27FN2O4S2. The molecule has 0 aliphatic carbocycles. The maximum Gasteiger partial charge on any atom is 0.257 e. The Morgan fingerprint density at radius 2 is 1.72 bits per heavy atom. The summed E-state index contributed by atoms with van der Waals surface area (Å²) < 4.78 is 40.2. The van der Waals surface area contributed by atoms with E-state index in [2.05, 4.69) is 0 Å². The number of hydrogen-bond donors (Lipinski definition) is 1. The third kappa shape index (κ3) is 7.49. The third-order valence-electron chi connectivity index (χ3n) is 4.57. The second-order valence-electron chi connectivity index (χ2n) is 7.34. The van der Waals surface area contributed by atoms with Gasteiger partial charge in [-0.1, -0.05) is 30.3 Å². The molecule has 0 aromatic heterocycles. The molecule has 1 unspecified atom stereocenters. The maximum absolute atomic E-state index is 13.3. The molecule has 1 atom stereocenters. The average Bonchev–Trinajstić information content (AvgIpc) is 2.74. The van der Waals surface area contributed by atoms with Gasteiger partial charge >= 0.3 is 0 Å². The molecule has 6 nitrogen and oxygen atoms in total. The molecule has 0 aliphatic heterocycles. The fourth-order valence-corrected chi connectivity index (χ4v) is 4.33. The number of hydrogen-bond acceptors (Lipinski definition) is 5. The number of carbonyl (C=O) groups excluding carboxylic acids is 2. The van der Waals surface area contributed by atoms with E-state index in [-0.39, 0.29) is 12.5 Å². The standard InChI is InChI=1S/C23H27FN2O4S2/c1-17(2)26(20-11-9-19(24)10-12-20)23(28)21(13-15-31-3)22(27)25-32(29,30)16-14-18-7-5-4-6-8-18/h4-12,14,16-17,21H,13,15H2,1-3H3,(H,25,27). The lowest BCUT2D eigenvalue weighted by Crippen LogP contribution is -2.47. The van der Waals surface area contributed by atoms with Crippen molar-refractivity contribution in [3.8, 4) is 0 Å². The minimum absolute atomic E-state index is 0.161. The summed E-state index contributed by atoms with van der Waals surface area (Å²) in [5, 5.41) is 0.899. The number of amides is 2. The molecule has 0 saturated heterocycles. The molecule has 0 aliphatic rings. The van der Waals surface area contributed by atoms with Gasteiger partial charge in [0.05, 0.1) is 5.41 Å². The summed E-state index contributed by atoms with van der Waals surface area (Å²) in [5.41, 5.74) is 1.09. The second kappa shape index (κ2) is 11.8. The highest BCUT2D eigenvalue weighted by atomic mass is 32.2. The number of rotatable bonds is 10. The Kier molecular flexibility index (Phi) is 9.46. The first kappa shape index (κ1) is 25.6. The lowest BCUT2D eigenvalue weighted by atomic mass is 10.0. The van der Waals surface area contributed by atoms with Crippen LogP contribution in [0.4, 0.5) is 10.1 Å². The van der Waals surface area contributed by atoms with Gasteiger partial charge in [0, 0.05) is 11.7 Å². The van der Waals surface area contributed by atoms with Crippen LogP contribution < -0.4 is 9.62 Å². The smallest absolute Gasteiger partial charge is 0.257 e. The first-order valence-corrected chi connectivity index (χ1v) is 13.0. The highest BCUT2D eigenvalue weighted by Crippen LogP contribution is 2.23. The van der Waals surface area contributed by atoms with Crippen LogP contribution >= 0.6 is 11.8 Å². The Morgan fingerprint density at radius 3 is 2.28 bits per heavy atom. The lowest BCUT2D eigenvalue weighted by Gasteiger charge is -2.30. The highest BCUT2D eigenvalue weighted by Gasteiger charge is 2.34. The van der Waals surface area contributed by atoms with Gasteiger partial charge in [-0.3, -0.25) is 9.59 Å². The second-order valence-corrected chi connectivity index (χ2v) is 9.89. The van der Waals surface area contributed by atoms with Gasteiger partial charge in [0.1, 0.15) is 11.7 Å². The van der Waals surface area contributed by atoms with Crippen molar-refractivity contribution in [3.63, 3.8) is 0 Å². The van der Waals surface area contributed by atoms with E-state index < -0.39 is 33.6 Å². The summed E-state index contributed by atoms with van der Waals surface area (Å²) in [5.74, 6) is -2.61. The van der Waals surface area contributed by atoms with E-state index in [1.807, 2.05) is 11.0 Å². The van der Waals surface area contributed by atoms with Crippen molar-refractivity contribution in [2.45, 2.75) is 26.3 Å². The molecule has 2 amide bonds. The number of sulfonamides is 1.